The first-order valence-corrected chi connectivity index (χ1v) is 8.03. The van der Waals surface area contributed by atoms with Crippen molar-refractivity contribution in [2.24, 2.45) is 0 Å². The predicted molar refractivity (Wildman–Crippen MR) is 89.6 cm³/mol. The van der Waals surface area contributed by atoms with Crippen molar-refractivity contribution in [3.05, 3.63) is 23.4 Å². The highest BCUT2D eigenvalue weighted by molar-refractivity contribution is 5.98. The third-order valence-electron chi connectivity index (χ3n) is 4.39. The molecule has 3 N–H and O–H groups in total. The molecule has 0 radical (unpaired) electrons. The van der Waals surface area contributed by atoms with E-state index in [9.17, 15) is 0 Å². The second-order valence-electron chi connectivity index (χ2n) is 5.79. The summed E-state index contributed by atoms with van der Waals surface area (Å²) in [5.74, 6) is 0.889. The van der Waals surface area contributed by atoms with Gasteiger partial charge in [0.15, 0.2) is 0 Å². The van der Waals surface area contributed by atoms with Crippen LogP contribution in [0.25, 0.3) is 10.9 Å². The van der Waals surface area contributed by atoms with E-state index in [1.165, 1.54) is 11.3 Å². The van der Waals surface area contributed by atoms with Gasteiger partial charge in [-0.1, -0.05) is 6.92 Å². The molecule has 0 atom stereocenters. The summed E-state index contributed by atoms with van der Waals surface area (Å²) in [5, 5.41) is 1.11. The zero-order valence-corrected chi connectivity index (χ0v) is 13.4. The number of hydrogen-bond donors (Lipinski definition) is 2. The third-order valence-corrected chi connectivity index (χ3v) is 4.39. The first-order valence-electron chi connectivity index (χ1n) is 8.03. The van der Waals surface area contributed by atoms with Gasteiger partial charge in [-0.25, -0.2) is 0 Å². The smallest absolute Gasteiger partial charge is 0.143 e. The molecular weight excluding hydrogens is 278 g/mol. The number of anilines is 1. The Morgan fingerprint density at radius 2 is 2.09 bits per heavy atom. The molecule has 1 fully saturated rings. The topological polar surface area (TPSA) is 63.5 Å². The predicted octanol–water partition coefficient (Wildman–Crippen LogP) is 2.33. The number of hydrogen-bond acceptors (Lipinski definition) is 4. The molecule has 22 heavy (non-hydrogen) atoms. The lowest BCUT2D eigenvalue weighted by atomic mass is 10.1. The van der Waals surface area contributed by atoms with Crippen molar-refractivity contribution < 1.29 is 9.47 Å². The van der Waals surface area contributed by atoms with Crippen molar-refractivity contribution in [3.8, 4) is 5.75 Å². The van der Waals surface area contributed by atoms with Crippen molar-refractivity contribution >= 4 is 16.6 Å². The lowest BCUT2D eigenvalue weighted by Crippen LogP contribution is -2.38. The Labute approximate surface area is 131 Å². The summed E-state index contributed by atoms with van der Waals surface area (Å²) in [5.41, 5.74) is 10.5. The minimum Gasteiger partial charge on any atom is -0.490 e. The third kappa shape index (κ3) is 2.91. The number of fused-ring (bicyclic) bond motifs is 1. The monoisotopic (exact) mass is 303 g/mol. The molecule has 5 heteroatoms. The van der Waals surface area contributed by atoms with Crippen LogP contribution >= 0.6 is 0 Å². The van der Waals surface area contributed by atoms with Crippen LogP contribution in [-0.4, -0.2) is 49.3 Å². The van der Waals surface area contributed by atoms with Gasteiger partial charge in [0.2, 0.25) is 0 Å². The van der Waals surface area contributed by atoms with E-state index >= 15 is 0 Å². The fourth-order valence-electron chi connectivity index (χ4n) is 3.17. The van der Waals surface area contributed by atoms with Gasteiger partial charge in [0.1, 0.15) is 12.4 Å². The van der Waals surface area contributed by atoms with Crippen LogP contribution in [0.1, 0.15) is 18.2 Å². The molecule has 1 aliphatic heterocycles. The molecule has 0 saturated carbocycles. The summed E-state index contributed by atoms with van der Waals surface area (Å²) in [6.45, 7) is 9.47. The SMILES string of the molecule is CCc1c(C)[nH]c2c(OCCN3CCOCC3)ccc(N)c12. The first-order chi connectivity index (χ1) is 10.7. The van der Waals surface area contributed by atoms with E-state index < -0.39 is 0 Å². The number of nitrogen functional groups attached to an aromatic ring is 1. The number of morpholine rings is 1. The molecule has 1 aliphatic rings. The van der Waals surface area contributed by atoms with Crippen molar-refractivity contribution in [3.63, 3.8) is 0 Å². The summed E-state index contributed by atoms with van der Waals surface area (Å²) in [7, 11) is 0. The molecule has 1 aromatic heterocycles. The maximum Gasteiger partial charge on any atom is 0.143 e. The van der Waals surface area contributed by atoms with E-state index in [1.54, 1.807) is 0 Å². The van der Waals surface area contributed by atoms with E-state index in [0.717, 1.165) is 61.6 Å². The minimum absolute atomic E-state index is 0.679. The fraction of sp³-hybridized carbons (Fsp3) is 0.529. The summed E-state index contributed by atoms with van der Waals surface area (Å²) in [4.78, 5) is 5.81. The number of nitrogens with two attached hydrogens (primary N) is 1. The first kappa shape index (κ1) is 15.2. The van der Waals surface area contributed by atoms with Crippen LogP contribution in [-0.2, 0) is 11.2 Å². The molecule has 0 spiro atoms. The molecule has 1 aromatic carbocycles. The molecule has 1 saturated heterocycles. The van der Waals surface area contributed by atoms with Gasteiger partial charge in [-0.3, -0.25) is 4.90 Å². The standard InChI is InChI=1S/C17H25N3O2/c1-3-13-12(2)19-17-15(5-4-14(18)16(13)17)22-11-8-20-6-9-21-10-7-20/h4-5,19H,3,6-11,18H2,1-2H3. The molecule has 0 aliphatic carbocycles. The van der Waals surface area contributed by atoms with E-state index in [0.29, 0.717) is 6.61 Å². The maximum absolute atomic E-state index is 6.16. The Hall–Kier alpha value is -1.72. The minimum atomic E-state index is 0.679. The Morgan fingerprint density at radius 1 is 1.32 bits per heavy atom. The van der Waals surface area contributed by atoms with Crippen LogP contribution in [0, 0.1) is 6.92 Å². The molecule has 3 rings (SSSR count). The summed E-state index contributed by atoms with van der Waals surface area (Å²) < 4.78 is 11.4. The average molecular weight is 303 g/mol. The Bertz CT molecular complexity index is 645. The summed E-state index contributed by atoms with van der Waals surface area (Å²) in [6.07, 6.45) is 0.966. The number of ether oxygens (including phenoxy) is 2. The quantitative estimate of drug-likeness (QED) is 0.832. The van der Waals surface area contributed by atoms with Gasteiger partial charge in [0.25, 0.3) is 0 Å². The number of nitrogens with zero attached hydrogens (tertiary/aromatic N) is 1. The number of nitrogens with one attached hydrogen (secondary N) is 1. The van der Waals surface area contributed by atoms with Gasteiger partial charge >= 0.3 is 0 Å². The normalized spacial score (nSPS) is 16.3. The molecule has 0 amide bonds. The van der Waals surface area contributed by atoms with Crippen LogP contribution in [0.4, 0.5) is 5.69 Å². The Morgan fingerprint density at radius 3 is 2.82 bits per heavy atom. The van der Waals surface area contributed by atoms with Gasteiger partial charge < -0.3 is 20.2 Å². The lowest BCUT2D eigenvalue weighted by molar-refractivity contribution is 0.0323. The van der Waals surface area contributed by atoms with Crippen molar-refractivity contribution in [2.75, 3.05) is 45.2 Å². The van der Waals surface area contributed by atoms with Gasteiger partial charge in [0, 0.05) is 36.4 Å². The highest BCUT2D eigenvalue weighted by Gasteiger charge is 2.15. The molecule has 5 nitrogen and oxygen atoms in total. The number of rotatable bonds is 5. The highest BCUT2D eigenvalue weighted by Crippen LogP contribution is 2.34. The summed E-state index contributed by atoms with van der Waals surface area (Å²) in [6, 6.07) is 3.91. The summed E-state index contributed by atoms with van der Waals surface area (Å²) >= 11 is 0. The second-order valence-corrected chi connectivity index (χ2v) is 5.79. The van der Waals surface area contributed by atoms with Crippen LogP contribution in [0.5, 0.6) is 5.75 Å². The van der Waals surface area contributed by atoms with E-state index in [-0.39, 0.29) is 0 Å². The van der Waals surface area contributed by atoms with Crippen molar-refractivity contribution in [1.29, 1.82) is 0 Å². The second kappa shape index (κ2) is 6.58. The largest absolute Gasteiger partial charge is 0.490 e. The van der Waals surface area contributed by atoms with Crippen molar-refractivity contribution in [2.45, 2.75) is 20.3 Å². The average Bonchev–Trinajstić information content (AvgIpc) is 2.88. The van der Waals surface area contributed by atoms with E-state index in [2.05, 4.69) is 23.7 Å². The van der Waals surface area contributed by atoms with E-state index in [1.807, 2.05) is 12.1 Å². The molecule has 0 bridgehead atoms. The number of aromatic nitrogens is 1. The van der Waals surface area contributed by atoms with Gasteiger partial charge in [-0.05, 0) is 31.0 Å². The zero-order chi connectivity index (χ0) is 15.5. The lowest BCUT2D eigenvalue weighted by Gasteiger charge is -2.26. The van der Waals surface area contributed by atoms with E-state index in [4.69, 9.17) is 15.2 Å². The number of benzene rings is 1. The zero-order valence-electron chi connectivity index (χ0n) is 13.4. The van der Waals surface area contributed by atoms with Gasteiger partial charge in [-0.2, -0.15) is 0 Å². The Kier molecular flexibility index (Phi) is 4.55. The van der Waals surface area contributed by atoms with Crippen LogP contribution in [0.15, 0.2) is 12.1 Å². The highest BCUT2D eigenvalue weighted by atomic mass is 16.5. The van der Waals surface area contributed by atoms with Gasteiger partial charge in [0.05, 0.1) is 18.7 Å². The maximum atomic E-state index is 6.16. The van der Waals surface area contributed by atoms with Crippen molar-refractivity contribution in [1.82, 2.24) is 9.88 Å². The van der Waals surface area contributed by atoms with Crippen LogP contribution in [0.2, 0.25) is 0 Å². The van der Waals surface area contributed by atoms with Crippen LogP contribution in [0.3, 0.4) is 0 Å². The Balaban J connectivity index is 1.75. The molecular formula is C17H25N3O2. The van der Waals surface area contributed by atoms with Gasteiger partial charge in [-0.15, -0.1) is 0 Å². The fourth-order valence-corrected chi connectivity index (χ4v) is 3.17. The number of H-pyrrole nitrogens is 1. The number of aromatic amines is 1. The van der Waals surface area contributed by atoms with Crippen LogP contribution < -0.4 is 10.5 Å². The molecule has 2 heterocycles. The molecule has 120 valence electrons. The molecule has 0 unspecified atom stereocenters. The molecule has 2 aromatic rings. The number of aryl methyl sites for hydroxylation is 2.